The summed E-state index contributed by atoms with van der Waals surface area (Å²) in [5, 5.41) is 39.1. The van der Waals surface area contributed by atoms with E-state index >= 15 is 0 Å². The number of hydrogen-bond acceptors (Lipinski definition) is 14. The van der Waals surface area contributed by atoms with Gasteiger partial charge in [0.1, 0.15) is 24.6 Å². The molecule has 0 aliphatic carbocycles. The van der Waals surface area contributed by atoms with Gasteiger partial charge in [0.05, 0.1) is 30.2 Å². The molecule has 0 saturated carbocycles. The maximum absolute atomic E-state index is 12.2. The zero-order valence-electron chi connectivity index (χ0n) is 18.8. The van der Waals surface area contributed by atoms with Crippen LogP contribution < -0.4 is 4.74 Å². The van der Waals surface area contributed by atoms with Gasteiger partial charge in [-0.3, -0.25) is 14.9 Å². The molecule has 3 rings (SSSR count). The van der Waals surface area contributed by atoms with Crippen LogP contribution in [0.1, 0.15) is 12.8 Å². The van der Waals surface area contributed by atoms with Crippen molar-refractivity contribution in [3.8, 4) is 5.75 Å². The highest BCUT2D eigenvalue weighted by molar-refractivity contribution is 5.70. The van der Waals surface area contributed by atoms with E-state index in [1.165, 1.54) is 12.1 Å². The molecule has 0 aromatic heterocycles. The number of carboxylic acid groups (broad SMARTS) is 1. The summed E-state index contributed by atoms with van der Waals surface area (Å²) in [5.41, 5.74) is -0.201. The molecule has 202 valence electrons. The first kappa shape index (κ1) is 27.3. The van der Waals surface area contributed by atoms with Crippen LogP contribution in [0, 0.1) is 42.2 Å². The molecular formula is C19H21N3O15. The van der Waals surface area contributed by atoms with Crippen molar-refractivity contribution >= 4 is 17.8 Å². The number of rotatable bonds is 13. The first-order chi connectivity index (χ1) is 17.5. The number of non-ortho nitro benzene ring substituents is 1. The standard InChI is InChI=1S/C19H21N3O15/c23-18(24)13(6-5-12(37-22(30)31)7-34-21(28)29)14-8-32-17-15(9-33-16(14)17)36-19(25)35-11-3-1-10(2-4-11)20(26)27/h1-4,12-17H,5-9H2,(H,23,24)/t12?,13-,14-,15+,16-,17+/m1/s1. The first-order valence-electron chi connectivity index (χ1n) is 10.7. The largest absolute Gasteiger partial charge is 0.514 e. The van der Waals surface area contributed by atoms with Crippen molar-refractivity contribution in [2.75, 3.05) is 19.8 Å². The van der Waals surface area contributed by atoms with Crippen LogP contribution in [0.25, 0.3) is 0 Å². The molecule has 1 aromatic rings. The van der Waals surface area contributed by atoms with Crippen LogP contribution in [0.4, 0.5) is 10.5 Å². The number of carbonyl (C=O) groups is 2. The van der Waals surface area contributed by atoms with Gasteiger partial charge in [0.2, 0.25) is 0 Å². The Kier molecular flexibility index (Phi) is 8.90. The van der Waals surface area contributed by atoms with E-state index in [4.69, 9.17) is 18.9 Å². The number of fused-ring (bicyclic) bond motifs is 1. The van der Waals surface area contributed by atoms with E-state index in [-0.39, 0.29) is 37.5 Å². The molecule has 1 N–H and O–H groups in total. The molecule has 0 amide bonds. The van der Waals surface area contributed by atoms with Gasteiger partial charge in [0.15, 0.2) is 6.10 Å². The summed E-state index contributed by atoms with van der Waals surface area (Å²) < 4.78 is 21.5. The zero-order chi connectivity index (χ0) is 27.1. The van der Waals surface area contributed by atoms with Gasteiger partial charge in [0, 0.05) is 18.1 Å². The minimum atomic E-state index is -1.38. The van der Waals surface area contributed by atoms with Gasteiger partial charge < -0.3 is 33.7 Å². The quantitative estimate of drug-likeness (QED) is 0.162. The molecule has 1 unspecified atom stereocenters. The molecule has 2 aliphatic rings. The van der Waals surface area contributed by atoms with Crippen LogP contribution in [-0.2, 0) is 28.7 Å². The molecule has 0 radical (unpaired) electrons. The minimum Gasteiger partial charge on any atom is -0.481 e. The van der Waals surface area contributed by atoms with Crippen LogP contribution in [0.2, 0.25) is 0 Å². The molecule has 2 fully saturated rings. The summed E-state index contributed by atoms with van der Waals surface area (Å²) >= 11 is 0. The van der Waals surface area contributed by atoms with Gasteiger partial charge >= 0.3 is 12.1 Å². The molecule has 0 bridgehead atoms. The van der Waals surface area contributed by atoms with Crippen molar-refractivity contribution in [3.63, 3.8) is 0 Å². The number of carbonyl (C=O) groups excluding carboxylic acids is 1. The first-order valence-corrected chi connectivity index (χ1v) is 10.7. The van der Waals surface area contributed by atoms with Gasteiger partial charge in [-0.15, -0.1) is 20.2 Å². The van der Waals surface area contributed by atoms with Crippen molar-refractivity contribution in [3.05, 3.63) is 54.6 Å². The lowest BCUT2D eigenvalue weighted by Gasteiger charge is -2.24. The predicted molar refractivity (Wildman–Crippen MR) is 112 cm³/mol. The topological polar surface area (TPSA) is 239 Å². The van der Waals surface area contributed by atoms with Gasteiger partial charge in [-0.05, 0) is 25.0 Å². The van der Waals surface area contributed by atoms with E-state index in [2.05, 4.69) is 9.68 Å². The SMILES string of the molecule is O=C(Oc1ccc([N+](=O)[O-])cc1)O[C@H]1CO[C@@H]2[C@@H]([C@@H](CCC(CO[N+](=O)[O-])O[N+](=O)[O-])C(=O)O)CO[C@H]21. The Balaban J connectivity index is 1.56. The van der Waals surface area contributed by atoms with Crippen molar-refractivity contribution in [1.29, 1.82) is 0 Å². The summed E-state index contributed by atoms with van der Waals surface area (Å²) in [7, 11) is 0. The lowest BCUT2D eigenvalue weighted by molar-refractivity contribution is -0.790. The molecule has 18 nitrogen and oxygen atoms in total. The molecule has 2 aliphatic heterocycles. The predicted octanol–water partition coefficient (Wildman–Crippen LogP) is 1.16. The minimum absolute atomic E-state index is 0.00483. The number of benzene rings is 1. The average Bonchev–Trinajstić information content (AvgIpc) is 3.40. The lowest BCUT2D eigenvalue weighted by Crippen LogP contribution is -2.37. The van der Waals surface area contributed by atoms with E-state index in [9.17, 15) is 45.0 Å². The molecule has 6 atom stereocenters. The Morgan fingerprint density at radius 2 is 1.68 bits per heavy atom. The highest BCUT2D eigenvalue weighted by atomic mass is 17.0. The van der Waals surface area contributed by atoms with Gasteiger partial charge in [0.25, 0.3) is 15.9 Å². The molecule has 18 heteroatoms. The van der Waals surface area contributed by atoms with Gasteiger partial charge in [-0.1, -0.05) is 0 Å². The highest BCUT2D eigenvalue weighted by Gasteiger charge is 2.53. The second-order valence-electron chi connectivity index (χ2n) is 8.01. The molecular weight excluding hydrogens is 510 g/mol. The van der Waals surface area contributed by atoms with E-state index in [0.717, 1.165) is 12.1 Å². The fourth-order valence-electron chi connectivity index (χ4n) is 4.14. The normalized spacial score (nSPS) is 23.8. The fourth-order valence-corrected chi connectivity index (χ4v) is 4.14. The summed E-state index contributed by atoms with van der Waals surface area (Å²) in [5.74, 6) is -3.12. The van der Waals surface area contributed by atoms with Crippen LogP contribution in [-0.4, -0.2) is 76.6 Å². The second-order valence-corrected chi connectivity index (χ2v) is 8.01. The third-order valence-corrected chi connectivity index (χ3v) is 5.78. The number of nitro groups is 1. The van der Waals surface area contributed by atoms with Crippen LogP contribution in [0.5, 0.6) is 5.75 Å². The molecule has 2 heterocycles. The molecule has 0 spiro atoms. The van der Waals surface area contributed by atoms with Crippen molar-refractivity contribution in [2.24, 2.45) is 11.8 Å². The fraction of sp³-hybridized carbons (Fsp3) is 0.579. The summed E-state index contributed by atoms with van der Waals surface area (Å²) in [6.07, 6.45) is -5.48. The molecule has 1 aromatic carbocycles. The van der Waals surface area contributed by atoms with Crippen molar-refractivity contribution in [1.82, 2.24) is 0 Å². The molecule has 37 heavy (non-hydrogen) atoms. The van der Waals surface area contributed by atoms with Crippen LogP contribution >= 0.6 is 0 Å². The van der Waals surface area contributed by atoms with E-state index in [1.54, 1.807) is 0 Å². The number of aliphatic carboxylic acids is 1. The Hall–Kier alpha value is -4.32. The maximum atomic E-state index is 12.2. The number of carboxylic acids is 1. The van der Waals surface area contributed by atoms with E-state index in [0.29, 0.717) is 0 Å². The van der Waals surface area contributed by atoms with Crippen molar-refractivity contribution < 1.29 is 58.4 Å². The lowest BCUT2D eigenvalue weighted by atomic mass is 9.84. The summed E-state index contributed by atoms with van der Waals surface area (Å²) in [6.45, 7) is -0.982. The summed E-state index contributed by atoms with van der Waals surface area (Å²) in [6, 6.07) is 4.69. The van der Waals surface area contributed by atoms with Crippen LogP contribution in [0.15, 0.2) is 24.3 Å². The zero-order valence-corrected chi connectivity index (χ0v) is 18.8. The monoisotopic (exact) mass is 531 g/mol. The van der Waals surface area contributed by atoms with Crippen molar-refractivity contribution in [2.45, 2.75) is 37.3 Å². The third kappa shape index (κ3) is 7.34. The smallest absolute Gasteiger partial charge is 0.481 e. The second kappa shape index (κ2) is 12.1. The average molecular weight is 531 g/mol. The van der Waals surface area contributed by atoms with Gasteiger partial charge in [-0.25, -0.2) is 4.79 Å². The van der Waals surface area contributed by atoms with E-state index in [1.807, 2.05) is 0 Å². The molecule has 2 saturated heterocycles. The summed E-state index contributed by atoms with van der Waals surface area (Å²) in [4.78, 5) is 63.6. The number of ether oxygens (including phenoxy) is 4. The Bertz CT molecular complexity index is 1020. The maximum Gasteiger partial charge on any atom is 0.514 e. The Labute approximate surface area is 206 Å². The number of nitrogens with zero attached hydrogens (tertiary/aromatic N) is 3. The number of hydrogen-bond donors (Lipinski definition) is 1. The number of nitro benzene ring substituents is 1. The Morgan fingerprint density at radius 1 is 1.00 bits per heavy atom. The van der Waals surface area contributed by atoms with E-state index < -0.39 is 70.1 Å². The third-order valence-electron chi connectivity index (χ3n) is 5.78. The van der Waals surface area contributed by atoms with Crippen LogP contribution in [0.3, 0.4) is 0 Å². The Morgan fingerprint density at radius 3 is 2.27 bits per heavy atom. The van der Waals surface area contributed by atoms with Gasteiger partial charge in [-0.2, -0.15) is 0 Å². The highest BCUT2D eigenvalue weighted by Crippen LogP contribution is 2.38.